The second-order valence-electron chi connectivity index (χ2n) is 9.32. The first-order valence-electron chi connectivity index (χ1n) is 11.9. The molecule has 5 heterocycles. The molecule has 1 aliphatic carbocycles. The van der Waals surface area contributed by atoms with Crippen LogP contribution in [0.4, 0.5) is 10.9 Å². The van der Waals surface area contributed by atoms with E-state index in [1.54, 1.807) is 6.20 Å². The molecule has 0 aromatic carbocycles. The summed E-state index contributed by atoms with van der Waals surface area (Å²) in [7, 11) is 0. The third-order valence-electron chi connectivity index (χ3n) is 7.33. The Kier molecular flexibility index (Phi) is 5.19. The van der Waals surface area contributed by atoms with Crippen LogP contribution in [0.3, 0.4) is 0 Å². The molecule has 10 heteroatoms. The molecule has 176 valence electrons. The van der Waals surface area contributed by atoms with Gasteiger partial charge < -0.3 is 25.2 Å². The van der Waals surface area contributed by atoms with E-state index in [1.165, 1.54) is 16.2 Å². The zero-order valence-electron chi connectivity index (χ0n) is 19.1. The number of anilines is 2. The Morgan fingerprint density at radius 2 is 2.26 bits per heavy atom. The van der Waals surface area contributed by atoms with Crippen LogP contribution in [0.2, 0.25) is 0 Å². The number of nitrogens with one attached hydrogen (secondary N) is 1. The highest BCUT2D eigenvalue weighted by atomic mass is 32.1. The zero-order chi connectivity index (χ0) is 23.3. The summed E-state index contributed by atoms with van der Waals surface area (Å²) >= 11 is 1.53. The van der Waals surface area contributed by atoms with Crippen molar-refractivity contribution in [1.29, 1.82) is 5.26 Å². The van der Waals surface area contributed by atoms with E-state index in [2.05, 4.69) is 33.4 Å². The minimum absolute atomic E-state index is 0.289. The first kappa shape index (κ1) is 21.4. The van der Waals surface area contributed by atoms with Crippen LogP contribution in [0.1, 0.15) is 54.4 Å². The number of thiophene rings is 1. The maximum Gasteiger partial charge on any atom is 0.226 e. The molecule has 34 heavy (non-hydrogen) atoms. The molecule has 0 saturated carbocycles. The summed E-state index contributed by atoms with van der Waals surface area (Å²) in [6, 6.07) is 4.49. The molecule has 3 aliphatic rings. The fourth-order valence-electron chi connectivity index (χ4n) is 5.70. The molecule has 3 N–H and O–H groups in total. The van der Waals surface area contributed by atoms with Gasteiger partial charge in [0.25, 0.3) is 0 Å². The lowest BCUT2D eigenvalue weighted by Crippen LogP contribution is -2.38. The first-order valence-corrected chi connectivity index (χ1v) is 12.7. The third-order valence-corrected chi connectivity index (χ3v) is 8.41. The Morgan fingerprint density at radius 1 is 1.35 bits per heavy atom. The number of hydrogen-bond donors (Lipinski definition) is 2. The summed E-state index contributed by atoms with van der Waals surface area (Å²) in [6.07, 6.45) is 6.36. The van der Waals surface area contributed by atoms with Crippen LogP contribution >= 0.6 is 11.3 Å². The van der Waals surface area contributed by atoms with Crippen LogP contribution in [0.15, 0.2) is 16.8 Å². The molecule has 1 fully saturated rings. The summed E-state index contributed by atoms with van der Waals surface area (Å²) in [6.45, 7) is 5.49. The molecule has 0 radical (unpaired) electrons. The number of nitrogens with two attached hydrogens (primary N) is 1. The van der Waals surface area contributed by atoms with Crippen molar-refractivity contribution in [3.63, 3.8) is 0 Å². The number of aromatic nitrogens is 3. The number of nitrogens with zero attached hydrogens (tertiary/aromatic N) is 5. The van der Waals surface area contributed by atoms with Crippen LogP contribution in [-0.2, 0) is 11.8 Å². The predicted octanol–water partition coefficient (Wildman–Crippen LogP) is 3.24. The molecule has 3 aromatic heterocycles. The van der Waals surface area contributed by atoms with Crippen molar-refractivity contribution in [2.45, 2.75) is 50.5 Å². The maximum absolute atomic E-state index is 9.88. The summed E-state index contributed by atoms with van der Waals surface area (Å²) in [5.41, 5.74) is 8.67. The normalized spacial score (nSPS) is 24.1. The highest BCUT2D eigenvalue weighted by molar-refractivity contribution is 7.16. The second kappa shape index (κ2) is 8.25. The van der Waals surface area contributed by atoms with Gasteiger partial charge in [-0.1, -0.05) is 5.16 Å². The molecule has 1 saturated heterocycles. The number of nitrogen functional groups attached to an aromatic ring is 1. The topological polar surface area (TPSA) is 126 Å². The highest BCUT2D eigenvalue weighted by Gasteiger charge is 2.50. The van der Waals surface area contributed by atoms with Gasteiger partial charge in [0.05, 0.1) is 17.6 Å². The molecular formula is C24H27N7O2S. The number of aryl methyl sites for hydroxylation is 1. The van der Waals surface area contributed by atoms with E-state index < -0.39 is 5.41 Å². The van der Waals surface area contributed by atoms with Gasteiger partial charge in [-0.25, -0.2) is 9.97 Å². The number of hydrogen-bond acceptors (Lipinski definition) is 10. The monoisotopic (exact) mass is 477 g/mol. The lowest BCUT2D eigenvalue weighted by atomic mass is 9.66. The average Bonchev–Trinajstić information content (AvgIpc) is 3.36. The van der Waals surface area contributed by atoms with E-state index in [0.29, 0.717) is 46.0 Å². The second-order valence-corrected chi connectivity index (χ2v) is 10.5. The predicted molar refractivity (Wildman–Crippen MR) is 129 cm³/mol. The van der Waals surface area contributed by atoms with E-state index in [0.717, 1.165) is 57.3 Å². The number of rotatable bonds is 2. The van der Waals surface area contributed by atoms with E-state index in [-0.39, 0.29) is 6.04 Å². The SMILES string of the molecule is C[C@H]1CNCCCN1c1nccc(-c2noc3c2OCCC32CCCc3sc(N)c(C#N)c32)n1. The largest absolute Gasteiger partial charge is 0.488 e. The van der Waals surface area contributed by atoms with Gasteiger partial charge in [0.15, 0.2) is 17.2 Å². The van der Waals surface area contributed by atoms with Crippen molar-refractivity contribution < 1.29 is 9.26 Å². The quantitative estimate of drug-likeness (QED) is 0.572. The van der Waals surface area contributed by atoms with Crippen LogP contribution in [0, 0.1) is 11.3 Å². The first-order chi connectivity index (χ1) is 16.6. The summed E-state index contributed by atoms with van der Waals surface area (Å²) in [4.78, 5) is 12.8. The molecule has 3 aromatic rings. The minimum Gasteiger partial charge on any atom is -0.488 e. The van der Waals surface area contributed by atoms with Crippen LogP contribution in [0.5, 0.6) is 5.75 Å². The smallest absolute Gasteiger partial charge is 0.226 e. The standard InChI is InChI=1S/C24H27N7O2S/c1-14-13-27-8-3-10-31(14)23-28-9-5-16(29-23)19-20-21(33-30-19)24(7-11-32-20)6-2-4-17-18(24)15(12-25)22(26)34-17/h5,9,14,27H,2-4,6-8,10-11,13,26H2,1H3/t14-,24?/m0/s1. The minimum atomic E-state index is -0.438. The fourth-order valence-corrected chi connectivity index (χ4v) is 6.86. The number of ether oxygens (including phenoxy) is 1. The molecule has 9 nitrogen and oxygen atoms in total. The van der Waals surface area contributed by atoms with Crippen molar-refractivity contribution in [3.05, 3.63) is 34.0 Å². The maximum atomic E-state index is 9.88. The van der Waals surface area contributed by atoms with Gasteiger partial charge in [-0.2, -0.15) is 5.26 Å². The lowest BCUT2D eigenvalue weighted by Gasteiger charge is -2.38. The van der Waals surface area contributed by atoms with Crippen molar-refractivity contribution in [2.24, 2.45) is 0 Å². The van der Waals surface area contributed by atoms with E-state index in [1.807, 2.05) is 6.07 Å². The lowest BCUT2D eigenvalue weighted by molar-refractivity contribution is 0.183. The third kappa shape index (κ3) is 3.18. The van der Waals surface area contributed by atoms with Gasteiger partial charge in [-0.3, -0.25) is 0 Å². The number of fused-ring (bicyclic) bond motifs is 4. The molecule has 0 amide bonds. The Bertz CT molecular complexity index is 1270. The van der Waals surface area contributed by atoms with Gasteiger partial charge in [-0.15, -0.1) is 11.3 Å². The van der Waals surface area contributed by atoms with Crippen LogP contribution in [0.25, 0.3) is 11.4 Å². The van der Waals surface area contributed by atoms with E-state index in [9.17, 15) is 5.26 Å². The van der Waals surface area contributed by atoms with Gasteiger partial charge in [0.1, 0.15) is 16.8 Å². The van der Waals surface area contributed by atoms with E-state index >= 15 is 0 Å². The molecule has 1 unspecified atom stereocenters. The number of nitriles is 1. The molecule has 0 bridgehead atoms. The molecular weight excluding hydrogens is 450 g/mol. The van der Waals surface area contributed by atoms with Gasteiger partial charge in [-0.05, 0) is 51.6 Å². The van der Waals surface area contributed by atoms with Gasteiger partial charge in [0.2, 0.25) is 5.95 Å². The van der Waals surface area contributed by atoms with E-state index in [4.69, 9.17) is 20.0 Å². The highest BCUT2D eigenvalue weighted by Crippen LogP contribution is 2.56. The van der Waals surface area contributed by atoms with Crippen LogP contribution < -0.4 is 20.7 Å². The van der Waals surface area contributed by atoms with Gasteiger partial charge >= 0.3 is 0 Å². The van der Waals surface area contributed by atoms with Gasteiger partial charge in [0, 0.05) is 35.8 Å². The summed E-state index contributed by atoms with van der Waals surface area (Å²) in [5, 5.41) is 18.4. The Labute approximate surface area is 201 Å². The molecule has 2 aliphatic heterocycles. The Morgan fingerprint density at radius 3 is 3.15 bits per heavy atom. The summed E-state index contributed by atoms with van der Waals surface area (Å²) in [5.74, 6) is 2.01. The van der Waals surface area contributed by atoms with Crippen molar-refractivity contribution >= 4 is 22.3 Å². The Balaban J connectivity index is 1.44. The molecule has 6 rings (SSSR count). The fraction of sp³-hybridized carbons (Fsp3) is 0.500. The Hall–Kier alpha value is -3.16. The van der Waals surface area contributed by atoms with Crippen molar-refractivity contribution in [3.8, 4) is 23.2 Å². The summed E-state index contributed by atoms with van der Waals surface area (Å²) < 4.78 is 12.2. The van der Waals surface area contributed by atoms with Crippen molar-refractivity contribution in [1.82, 2.24) is 20.4 Å². The average molecular weight is 478 g/mol. The van der Waals surface area contributed by atoms with Crippen LogP contribution in [-0.4, -0.2) is 47.4 Å². The molecule has 1 spiro atoms. The molecule has 2 atom stereocenters. The van der Waals surface area contributed by atoms with Crippen molar-refractivity contribution in [2.75, 3.05) is 36.9 Å². The zero-order valence-corrected chi connectivity index (χ0v) is 20.0.